The van der Waals surface area contributed by atoms with Crippen LogP contribution in [0.1, 0.15) is 18.4 Å². The average molecular weight is 217 g/mol. The fourth-order valence-electron chi connectivity index (χ4n) is 1.17. The van der Waals surface area contributed by atoms with Gasteiger partial charge in [0, 0.05) is 12.8 Å². The van der Waals surface area contributed by atoms with Gasteiger partial charge >= 0.3 is 0 Å². The zero-order valence-corrected chi connectivity index (χ0v) is 9.40. The molecule has 0 atom stereocenters. The third kappa shape index (κ3) is 4.05. The van der Waals surface area contributed by atoms with Crippen LogP contribution in [0.2, 0.25) is 0 Å². The molecule has 0 unspecified atom stereocenters. The normalized spacial score (nSPS) is 9.25. The van der Waals surface area contributed by atoms with Crippen LogP contribution < -0.4 is 4.74 Å². The number of nitrogens with zero attached hydrogens (tertiary/aromatic N) is 1. The Morgan fingerprint density at radius 3 is 2.62 bits per heavy atom. The van der Waals surface area contributed by atoms with E-state index in [4.69, 9.17) is 14.7 Å². The first kappa shape index (κ1) is 12.1. The van der Waals surface area contributed by atoms with Gasteiger partial charge < -0.3 is 9.47 Å². The quantitative estimate of drug-likeness (QED) is 0.688. The summed E-state index contributed by atoms with van der Waals surface area (Å²) in [5, 5.41) is 8.40. The molecule has 0 heterocycles. The zero-order chi connectivity index (χ0) is 11.8. The lowest BCUT2D eigenvalue weighted by molar-refractivity contribution is 0.191. The van der Waals surface area contributed by atoms with Gasteiger partial charge in [-0.2, -0.15) is 5.26 Å². The summed E-state index contributed by atoms with van der Waals surface area (Å²) in [4.78, 5) is 0. The molecule has 0 aliphatic carbocycles. The van der Waals surface area contributed by atoms with Crippen molar-refractivity contribution in [2.24, 2.45) is 0 Å². The standard InChI is InChI=1S/C13H15NO2/c1-11(4-3-9-14)16-10-12-5-7-13(15-2)8-6-12/h5-8H,1,3-4,10H2,2H3. The molecule has 0 saturated carbocycles. The molecule has 3 nitrogen and oxygen atoms in total. The Kier molecular flexibility index (Phi) is 4.94. The summed E-state index contributed by atoms with van der Waals surface area (Å²) in [6, 6.07) is 9.71. The monoisotopic (exact) mass is 217 g/mol. The summed E-state index contributed by atoms with van der Waals surface area (Å²) in [7, 11) is 1.63. The SMILES string of the molecule is C=C(CCC#N)OCc1ccc(OC)cc1. The lowest BCUT2D eigenvalue weighted by atomic mass is 10.2. The second-order valence-corrected chi connectivity index (χ2v) is 3.33. The summed E-state index contributed by atoms with van der Waals surface area (Å²) in [6.45, 7) is 4.22. The highest BCUT2D eigenvalue weighted by Gasteiger charge is 1.97. The number of rotatable bonds is 6. The van der Waals surface area contributed by atoms with Crippen molar-refractivity contribution in [3.05, 3.63) is 42.2 Å². The second kappa shape index (κ2) is 6.52. The number of hydrogen-bond donors (Lipinski definition) is 0. The van der Waals surface area contributed by atoms with Crippen LogP contribution in [-0.2, 0) is 11.3 Å². The molecule has 0 saturated heterocycles. The molecule has 0 fully saturated rings. The van der Waals surface area contributed by atoms with Gasteiger partial charge in [-0.05, 0) is 17.7 Å². The van der Waals surface area contributed by atoms with Crippen LogP contribution in [0.4, 0.5) is 0 Å². The largest absolute Gasteiger partial charge is 0.497 e. The highest BCUT2D eigenvalue weighted by atomic mass is 16.5. The molecule has 0 aliphatic rings. The Labute approximate surface area is 95.9 Å². The fraction of sp³-hybridized carbons (Fsp3) is 0.308. The maximum absolute atomic E-state index is 8.40. The third-order valence-electron chi connectivity index (χ3n) is 2.12. The van der Waals surface area contributed by atoms with E-state index in [2.05, 4.69) is 12.6 Å². The van der Waals surface area contributed by atoms with Gasteiger partial charge in [-0.1, -0.05) is 18.7 Å². The van der Waals surface area contributed by atoms with E-state index in [-0.39, 0.29) is 0 Å². The fourth-order valence-corrected chi connectivity index (χ4v) is 1.17. The number of hydrogen-bond acceptors (Lipinski definition) is 3. The van der Waals surface area contributed by atoms with Gasteiger partial charge in [0.25, 0.3) is 0 Å². The van der Waals surface area contributed by atoms with E-state index in [9.17, 15) is 0 Å². The summed E-state index contributed by atoms with van der Waals surface area (Å²) in [5.74, 6) is 1.48. The van der Waals surface area contributed by atoms with E-state index < -0.39 is 0 Å². The Morgan fingerprint density at radius 1 is 1.38 bits per heavy atom. The van der Waals surface area contributed by atoms with Crippen molar-refractivity contribution in [1.82, 2.24) is 0 Å². The number of benzene rings is 1. The van der Waals surface area contributed by atoms with Gasteiger partial charge in [-0.15, -0.1) is 0 Å². The van der Waals surface area contributed by atoms with Crippen molar-refractivity contribution in [3.63, 3.8) is 0 Å². The molecule has 0 aromatic heterocycles. The summed E-state index contributed by atoms with van der Waals surface area (Å²) < 4.78 is 10.5. The molecule has 0 N–H and O–H groups in total. The average Bonchev–Trinajstić information content (AvgIpc) is 2.34. The van der Waals surface area contributed by atoms with Crippen molar-refractivity contribution < 1.29 is 9.47 Å². The maximum Gasteiger partial charge on any atom is 0.118 e. The number of methoxy groups -OCH3 is 1. The lowest BCUT2D eigenvalue weighted by Crippen LogP contribution is -1.93. The van der Waals surface area contributed by atoms with Crippen LogP contribution in [-0.4, -0.2) is 7.11 Å². The maximum atomic E-state index is 8.40. The van der Waals surface area contributed by atoms with Crippen LogP contribution >= 0.6 is 0 Å². The Bertz CT molecular complexity index is 376. The van der Waals surface area contributed by atoms with Crippen molar-refractivity contribution in [2.75, 3.05) is 7.11 Å². The molecule has 84 valence electrons. The topological polar surface area (TPSA) is 42.2 Å². The van der Waals surface area contributed by atoms with E-state index in [1.54, 1.807) is 7.11 Å². The molecular formula is C13H15NO2. The predicted octanol–water partition coefficient (Wildman–Crippen LogP) is 3.03. The van der Waals surface area contributed by atoms with Gasteiger partial charge in [-0.3, -0.25) is 0 Å². The second-order valence-electron chi connectivity index (χ2n) is 3.33. The Balaban J connectivity index is 2.37. The van der Waals surface area contributed by atoms with Crippen LogP contribution in [0, 0.1) is 11.3 Å². The molecule has 0 bridgehead atoms. The van der Waals surface area contributed by atoms with E-state index in [1.807, 2.05) is 24.3 Å². The van der Waals surface area contributed by atoms with E-state index >= 15 is 0 Å². The molecule has 0 aliphatic heterocycles. The van der Waals surface area contributed by atoms with Gasteiger partial charge in [0.05, 0.1) is 18.9 Å². The Morgan fingerprint density at radius 2 is 2.06 bits per heavy atom. The van der Waals surface area contributed by atoms with Crippen molar-refractivity contribution >= 4 is 0 Å². The summed E-state index contributed by atoms with van der Waals surface area (Å²) >= 11 is 0. The van der Waals surface area contributed by atoms with E-state index in [0.29, 0.717) is 25.2 Å². The first-order valence-corrected chi connectivity index (χ1v) is 5.06. The molecule has 1 aromatic carbocycles. The number of allylic oxidation sites excluding steroid dienone is 1. The third-order valence-corrected chi connectivity index (χ3v) is 2.12. The summed E-state index contributed by atoms with van der Waals surface area (Å²) in [5.41, 5.74) is 1.05. The molecule has 1 aromatic rings. The van der Waals surface area contributed by atoms with Crippen molar-refractivity contribution in [1.29, 1.82) is 5.26 Å². The Hall–Kier alpha value is -1.95. The van der Waals surface area contributed by atoms with Crippen LogP contribution in [0.3, 0.4) is 0 Å². The van der Waals surface area contributed by atoms with Gasteiger partial charge in [0.2, 0.25) is 0 Å². The predicted molar refractivity (Wildman–Crippen MR) is 61.8 cm³/mol. The molecule has 16 heavy (non-hydrogen) atoms. The van der Waals surface area contributed by atoms with Gasteiger partial charge in [-0.25, -0.2) is 0 Å². The minimum atomic E-state index is 0.446. The number of nitriles is 1. The van der Waals surface area contributed by atoms with Crippen LogP contribution in [0.15, 0.2) is 36.6 Å². The summed E-state index contributed by atoms with van der Waals surface area (Å²) in [6.07, 6.45) is 1.04. The smallest absolute Gasteiger partial charge is 0.118 e. The number of ether oxygens (including phenoxy) is 2. The first-order chi connectivity index (χ1) is 7.76. The van der Waals surface area contributed by atoms with Crippen LogP contribution in [0.5, 0.6) is 5.75 Å². The van der Waals surface area contributed by atoms with Gasteiger partial charge in [0.1, 0.15) is 12.4 Å². The molecule has 0 spiro atoms. The van der Waals surface area contributed by atoms with E-state index in [0.717, 1.165) is 11.3 Å². The van der Waals surface area contributed by atoms with Crippen molar-refractivity contribution in [3.8, 4) is 11.8 Å². The molecule has 0 amide bonds. The highest BCUT2D eigenvalue weighted by molar-refractivity contribution is 5.26. The molecule has 0 radical (unpaired) electrons. The molecular weight excluding hydrogens is 202 g/mol. The lowest BCUT2D eigenvalue weighted by Gasteiger charge is -2.08. The molecule has 1 rings (SSSR count). The van der Waals surface area contributed by atoms with Gasteiger partial charge in [0.15, 0.2) is 0 Å². The van der Waals surface area contributed by atoms with Crippen LogP contribution in [0.25, 0.3) is 0 Å². The first-order valence-electron chi connectivity index (χ1n) is 5.06. The highest BCUT2D eigenvalue weighted by Crippen LogP contribution is 2.13. The molecule has 3 heteroatoms. The van der Waals surface area contributed by atoms with Crippen molar-refractivity contribution in [2.45, 2.75) is 19.4 Å². The minimum absolute atomic E-state index is 0.446. The zero-order valence-electron chi connectivity index (χ0n) is 9.40. The minimum Gasteiger partial charge on any atom is -0.497 e. The van der Waals surface area contributed by atoms with E-state index in [1.165, 1.54) is 0 Å².